The predicted molar refractivity (Wildman–Crippen MR) is 88.5 cm³/mol. The summed E-state index contributed by atoms with van der Waals surface area (Å²) in [5, 5.41) is 2.29. The summed E-state index contributed by atoms with van der Waals surface area (Å²) in [5.74, 6) is -1.15. The third-order valence-corrected chi connectivity index (χ3v) is 5.74. The van der Waals surface area contributed by atoms with E-state index in [9.17, 15) is 17.6 Å². The van der Waals surface area contributed by atoms with Crippen LogP contribution in [-0.4, -0.2) is 38.3 Å². The molecule has 0 radical (unpaired) electrons. The molecule has 6 nitrogen and oxygen atoms in total. The summed E-state index contributed by atoms with van der Waals surface area (Å²) in [5.41, 5.74) is 5.31. The SMILES string of the molecule is CC(=O)Nc1cc(S(=O)(=O)N2CCC(C)(CN)C2)ccc1F.Cl. The molecule has 1 heterocycles. The quantitative estimate of drug-likeness (QED) is 0.847. The molecule has 23 heavy (non-hydrogen) atoms. The number of benzene rings is 1. The van der Waals surface area contributed by atoms with Crippen molar-refractivity contribution in [3.63, 3.8) is 0 Å². The Morgan fingerprint density at radius 1 is 1.48 bits per heavy atom. The monoisotopic (exact) mass is 365 g/mol. The minimum atomic E-state index is -3.74. The van der Waals surface area contributed by atoms with E-state index in [1.54, 1.807) is 0 Å². The van der Waals surface area contributed by atoms with Crippen molar-refractivity contribution in [2.75, 3.05) is 25.0 Å². The van der Waals surface area contributed by atoms with E-state index in [-0.39, 0.29) is 28.4 Å². The van der Waals surface area contributed by atoms with Gasteiger partial charge >= 0.3 is 0 Å². The highest BCUT2D eigenvalue weighted by molar-refractivity contribution is 7.89. The standard InChI is InChI=1S/C14H20FN3O3S.ClH/c1-10(19)17-13-7-11(3-4-12(13)15)22(20,21)18-6-5-14(2,8-16)9-18;/h3-4,7H,5-6,8-9,16H2,1-2H3,(H,17,19);1H. The summed E-state index contributed by atoms with van der Waals surface area (Å²) >= 11 is 0. The van der Waals surface area contributed by atoms with Gasteiger partial charge in [0.2, 0.25) is 15.9 Å². The van der Waals surface area contributed by atoms with E-state index in [0.29, 0.717) is 26.1 Å². The molecule has 1 saturated heterocycles. The van der Waals surface area contributed by atoms with E-state index < -0.39 is 21.7 Å². The molecule has 1 unspecified atom stereocenters. The van der Waals surface area contributed by atoms with E-state index in [4.69, 9.17) is 5.73 Å². The number of sulfonamides is 1. The molecule has 9 heteroatoms. The van der Waals surface area contributed by atoms with Crippen LogP contribution in [0.3, 0.4) is 0 Å². The average Bonchev–Trinajstić information content (AvgIpc) is 2.85. The van der Waals surface area contributed by atoms with E-state index in [1.165, 1.54) is 17.3 Å². The normalized spacial score (nSPS) is 21.7. The van der Waals surface area contributed by atoms with Gasteiger partial charge in [-0.3, -0.25) is 4.79 Å². The number of carbonyl (C=O) groups excluding carboxylic acids is 1. The van der Waals surface area contributed by atoms with Crippen molar-refractivity contribution < 1.29 is 17.6 Å². The molecule has 0 spiro atoms. The molecule has 1 amide bonds. The Bertz CT molecular complexity index is 699. The third-order valence-electron chi connectivity index (χ3n) is 3.90. The number of rotatable bonds is 4. The van der Waals surface area contributed by atoms with Crippen molar-refractivity contribution in [3.8, 4) is 0 Å². The minimum Gasteiger partial charge on any atom is -0.330 e. The second-order valence-electron chi connectivity index (χ2n) is 5.93. The van der Waals surface area contributed by atoms with Crippen LogP contribution < -0.4 is 11.1 Å². The van der Waals surface area contributed by atoms with Gasteiger partial charge in [-0.25, -0.2) is 12.8 Å². The van der Waals surface area contributed by atoms with Crippen molar-refractivity contribution in [2.45, 2.75) is 25.2 Å². The first-order valence-electron chi connectivity index (χ1n) is 6.95. The van der Waals surface area contributed by atoms with Crippen LogP contribution in [0.5, 0.6) is 0 Å². The fourth-order valence-electron chi connectivity index (χ4n) is 2.45. The Morgan fingerprint density at radius 3 is 2.65 bits per heavy atom. The molecule has 2 rings (SSSR count). The van der Waals surface area contributed by atoms with Crippen LogP contribution in [-0.2, 0) is 14.8 Å². The van der Waals surface area contributed by atoms with Gasteiger partial charge in [-0.15, -0.1) is 12.4 Å². The summed E-state index contributed by atoms with van der Waals surface area (Å²) in [6, 6.07) is 3.38. The fourth-order valence-corrected chi connectivity index (χ4v) is 4.07. The molecule has 0 aliphatic carbocycles. The summed E-state index contributed by atoms with van der Waals surface area (Å²) in [6.45, 7) is 4.28. The van der Waals surface area contributed by atoms with Crippen LogP contribution in [0, 0.1) is 11.2 Å². The van der Waals surface area contributed by atoms with E-state index in [0.717, 1.165) is 12.1 Å². The van der Waals surface area contributed by atoms with Gasteiger partial charge in [0, 0.05) is 20.0 Å². The van der Waals surface area contributed by atoms with Crippen LogP contribution in [0.1, 0.15) is 20.3 Å². The maximum absolute atomic E-state index is 13.6. The van der Waals surface area contributed by atoms with Gasteiger partial charge in [-0.1, -0.05) is 6.92 Å². The van der Waals surface area contributed by atoms with Crippen LogP contribution in [0.25, 0.3) is 0 Å². The summed E-state index contributed by atoms with van der Waals surface area (Å²) in [7, 11) is -3.74. The van der Waals surface area contributed by atoms with Gasteiger partial charge in [0.25, 0.3) is 0 Å². The molecule has 0 aromatic heterocycles. The van der Waals surface area contributed by atoms with Gasteiger partial charge in [0.05, 0.1) is 10.6 Å². The van der Waals surface area contributed by atoms with E-state index in [2.05, 4.69) is 5.32 Å². The number of nitrogens with zero attached hydrogens (tertiary/aromatic N) is 1. The molecule has 130 valence electrons. The lowest BCUT2D eigenvalue weighted by Gasteiger charge is -2.22. The molecule has 1 fully saturated rings. The second-order valence-corrected chi connectivity index (χ2v) is 7.86. The fraction of sp³-hybridized carbons (Fsp3) is 0.500. The molecule has 1 aliphatic rings. The highest BCUT2D eigenvalue weighted by Gasteiger charge is 2.39. The zero-order chi connectivity index (χ0) is 16.5. The van der Waals surface area contributed by atoms with Crippen molar-refractivity contribution in [2.24, 2.45) is 11.1 Å². The van der Waals surface area contributed by atoms with Gasteiger partial charge in [0.1, 0.15) is 5.82 Å². The first-order valence-corrected chi connectivity index (χ1v) is 8.39. The molecule has 3 N–H and O–H groups in total. The summed E-state index contributed by atoms with van der Waals surface area (Å²) in [6.07, 6.45) is 0.683. The van der Waals surface area contributed by atoms with Crippen molar-refractivity contribution >= 4 is 34.0 Å². The van der Waals surface area contributed by atoms with Gasteiger partial charge < -0.3 is 11.1 Å². The number of halogens is 2. The molecule has 1 aromatic carbocycles. The molecule has 1 atom stereocenters. The highest BCUT2D eigenvalue weighted by Crippen LogP contribution is 2.33. The highest BCUT2D eigenvalue weighted by atomic mass is 35.5. The number of carbonyl (C=O) groups is 1. The average molecular weight is 366 g/mol. The Balaban J connectivity index is 0.00000264. The van der Waals surface area contributed by atoms with Crippen molar-refractivity contribution in [1.82, 2.24) is 4.31 Å². The maximum Gasteiger partial charge on any atom is 0.243 e. The number of nitrogens with one attached hydrogen (secondary N) is 1. The molecule has 1 aliphatic heterocycles. The van der Waals surface area contributed by atoms with Crippen molar-refractivity contribution in [1.29, 1.82) is 0 Å². The van der Waals surface area contributed by atoms with Crippen molar-refractivity contribution in [3.05, 3.63) is 24.0 Å². The Labute approximate surface area is 141 Å². The molecule has 0 saturated carbocycles. The van der Waals surface area contributed by atoms with Gasteiger partial charge in [-0.2, -0.15) is 4.31 Å². The predicted octanol–water partition coefficient (Wildman–Crippen LogP) is 1.57. The lowest BCUT2D eigenvalue weighted by Crippen LogP contribution is -2.34. The van der Waals surface area contributed by atoms with E-state index in [1.807, 2.05) is 6.92 Å². The smallest absolute Gasteiger partial charge is 0.243 e. The lowest BCUT2D eigenvalue weighted by atomic mass is 9.90. The topological polar surface area (TPSA) is 92.5 Å². The summed E-state index contributed by atoms with van der Waals surface area (Å²) < 4.78 is 40.3. The zero-order valence-corrected chi connectivity index (χ0v) is 14.6. The van der Waals surface area contributed by atoms with Crippen LogP contribution in [0.4, 0.5) is 10.1 Å². The first kappa shape index (κ1) is 19.8. The first-order chi connectivity index (χ1) is 10.2. The largest absolute Gasteiger partial charge is 0.330 e. The number of amides is 1. The van der Waals surface area contributed by atoms with Crippen LogP contribution >= 0.6 is 12.4 Å². The molecular formula is C14H21ClFN3O3S. The second kappa shape index (κ2) is 7.12. The molecule has 1 aromatic rings. The van der Waals surface area contributed by atoms with Gasteiger partial charge in [-0.05, 0) is 36.6 Å². The maximum atomic E-state index is 13.6. The molecular weight excluding hydrogens is 345 g/mol. The third kappa shape index (κ3) is 4.20. The van der Waals surface area contributed by atoms with Gasteiger partial charge in [0.15, 0.2) is 0 Å². The number of anilines is 1. The summed E-state index contributed by atoms with van der Waals surface area (Å²) in [4.78, 5) is 11.0. The Kier molecular flexibility index (Phi) is 6.14. The Morgan fingerprint density at radius 2 is 2.13 bits per heavy atom. The van der Waals surface area contributed by atoms with Crippen LogP contribution in [0.15, 0.2) is 23.1 Å². The minimum absolute atomic E-state index is 0. The number of hydrogen-bond donors (Lipinski definition) is 2. The number of hydrogen-bond acceptors (Lipinski definition) is 4. The van der Waals surface area contributed by atoms with E-state index >= 15 is 0 Å². The molecule has 0 bridgehead atoms. The lowest BCUT2D eigenvalue weighted by molar-refractivity contribution is -0.114. The van der Waals surface area contributed by atoms with Crippen LogP contribution in [0.2, 0.25) is 0 Å². The zero-order valence-electron chi connectivity index (χ0n) is 13.0. The Hall–Kier alpha value is -1.22. The number of nitrogens with two attached hydrogens (primary N) is 1.